The molecule has 0 aliphatic carbocycles. The minimum Gasteiger partial charge on any atom is -0.399 e. The third kappa shape index (κ3) is 2.18. The smallest absolute Gasteiger partial charge is 0.256 e. The number of nitrogens with zero attached hydrogens (tertiary/aromatic N) is 2. The summed E-state index contributed by atoms with van der Waals surface area (Å²) in [5.74, 6) is 0.528. The van der Waals surface area contributed by atoms with Gasteiger partial charge in [0.15, 0.2) is 0 Å². The zero-order valence-electron chi connectivity index (χ0n) is 8.48. The second-order valence-electron chi connectivity index (χ2n) is 3.42. The van der Waals surface area contributed by atoms with Gasteiger partial charge in [-0.05, 0) is 24.3 Å². The minimum absolute atomic E-state index is 0.348. The van der Waals surface area contributed by atoms with E-state index in [1.54, 1.807) is 24.3 Å². The Labute approximate surface area is 91.5 Å². The number of imidazole rings is 1. The number of nitrogen functional groups attached to an aromatic ring is 1. The third-order valence-electron chi connectivity index (χ3n) is 2.22. The van der Waals surface area contributed by atoms with E-state index in [0.29, 0.717) is 11.5 Å². The second-order valence-corrected chi connectivity index (χ2v) is 3.42. The first kappa shape index (κ1) is 10.6. The predicted octanol–water partition coefficient (Wildman–Crippen LogP) is 2.40. The van der Waals surface area contributed by atoms with Crippen molar-refractivity contribution >= 4 is 5.69 Å². The molecule has 0 amide bonds. The number of nitrogens with two attached hydrogens (primary N) is 1. The van der Waals surface area contributed by atoms with Crippen LogP contribution in [0, 0.1) is 0 Å². The largest absolute Gasteiger partial charge is 0.399 e. The molecule has 5 heteroatoms. The van der Waals surface area contributed by atoms with Gasteiger partial charge in [-0.1, -0.05) is 0 Å². The maximum absolute atomic E-state index is 12.3. The van der Waals surface area contributed by atoms with Gasteiger partial charge in [0, 0.05) is 23.6 Å². The first-order valence-corrected chi connectivity index (χ1v) is 4.82. The fraction of sp³-hybridized carbons (Fsp3) is 0.182. The van der Waals surface area contributed by atoms with Crippen LogP contribution >= 0.6 is 0 Å². The van der Waals surface area contributed by atoms with Crippen LogP contribution in [0.25, 0.3) is 11.4 Å². The SMILES string of the molecule is Nc1ccc(-c2nccn2CC(F)F)cc1. The van der Waals surface area contributed by atoms with Crippen LogP contribution in [-0.2, 0) is 6.54 Å². The van der Waals surface area contributed by atoms with Crippen LogP contribution in [0.1, 0.15) is 0 Å². The summed E-state index contributed by atoms with van der Waals surface area (Å²) < 4.78 is 26.0. The summed E-state index contributed by atoms with van der Waals surface area (Å²) in [6.45, 7) is -0.348. The zero-order valence-corrected chi connectivity index (χ0v) is 8.48. The molecule has 0 fully saturated rings. The van der Waals surface area contributed by atoms with Gasteiger partial charge in [-0.25, -0.2) is 13.8 Å². The number of halogens is 2. The molecule has 2 N–H and O–H groups in total. The van der Waals surface area contributed by atoms with E-state index >= 15 is 0 Å². The summed E-state index contributed by atoms with van der Waals surface area (Å²) in [4.78, 5) is 4.06. The Morgan fingerprint density at radius 2 is 1.94 bits per heavy atom. The topological polar surface area (TPSA) is 43.8 Å². The standard InChI is InChI=1S/C11H11F2N3/c12-10(13)7-16-6-5-15-11(16)8-1-3-9(14)4-2-8/h1-6,10H,7,14H2. The van der Waals surface area contributed by atoms with Crippen molar-refractivity contribution in [2.75, 3.05) is 5.73 Å². The summed E-state index contributed by atoms with van der Waals surface area (Å²) in [5, 5.41) is 0. The third-order valence-corrected chi connectivity index (χ3v) is 2.22. The molecule has 0 spiro atoms. The van der Waals surface area contributed by atoms with Gasteiger partial charge in [0.05, 0.1) is 6.54 Å². The molecular weight excluding hydrogens is 212 g/mol. The molecule has 0 saturated heterocycles. The molecule has 0 unspecified atom stereocenters. The predicted molar refractivity (Wildman–Crippen MR) is 58.1 cm³/mol. The van der Waals surface area contributed by atoms with Crippen LogP contribution in [0.15, 0.2) is 36.7 Å². The van der Waals surface area contributed by atoms with Crippen molar-refractivity contribution in [1.29, 1.82) is 0 Å². The second kappa shape index (κ2) is 4.30. The molecule has 0 aliphatic rings. The van der Waals surface area contributed by atoms with Crippen molar-refractivity contribution in [2.45, 2.75) is 13.0 Å². The van der Waals surface area contributed by atoms with Crippen molar-refractivity contribution in [3.05, 3.63) is 36.7 Å². The maximum atomic E-state index is 12.3. The fourth-order valence-electron chi connectivity index (χ4n) is 1.50. The van der Waals surface area contributed by atoms with Crippen molar-refractivity contribution in [2.24, 2.45) is 0 Å². The van der Waals surface area contributed by atoms with Gasteiger partial charge < -0.3 is 10.3 Å². The lowest BCUT2D eigenvalue weighted by atomic mass is 10.2. The minimum atomic E-state index is -2.39. The molecule has 0 bridgehead atoms. The summed E-state index contributed by atoms with van der Waals surface area (Å²) in [6, 6.07) is 6.97. The lowest BCUT2D eigenvalue weighted by molar-refractivity contribution is 0.127. The van der Waals surface area contributed by atoms with Crippen LogP contribution in [0.4, 0.5) is 14.5 Å². The van der Waals surface area contributed by atoms with E-state index in [2.05, 4.69) is 4.98 Å². The van der Waals surface area contributed by atoms with E-state index < -0.39 is 6.43 Å². The Balaban J connectivity index is 2.33. The van der Waals surface area contributed by atoms with E-state index in [-0.39, 0.29) is 6.54 Å². The van der Waals surface area contributed by atoms with Gasteiger partial charge in [0.25, 0.3) is 6.43 Å². The first-order chi connectivity index (χ1) is 7.66. The molecular formula is C11H11F2N3. The molecule has 1 aromatic heterocycles. The lowest BCUT2D eigenvalue weighted by Gasteiger charge is -2.07. The van der Waals surface area contributed by atoms with E-state index in [9.17, 15) is 8.78 Å². The average Bonchev–Trinajstić information content (AvgIpc) is 2.66. The Morgan fingerprint density at radius 1 is 1.25 bits per heavy atom. The molecule has 2 rings (SSSR count). The molecule has 1 heterocycles. The molecule has 2 aromatic rings. The summed E-state index contributed by atoms with van der Waals surface area (Å²) in [5.41, 5.74) is 6.96. The molecule has 0 radical (unpaired) electrons. The van der Waals surface area contributed by atoms with Gasteiger partial charge in [0.1, 0.15) is 5.82 Å². The molecule has 84 valence electrons. The van der Waals surface area contributed by atoms with Gasteiger partial charge in [-0.15, -0.1) is 0 Å². The van der Waals surface area contributed by atoms with Crippen LogP contribution < -0.4 is 5.73 Å². The number of aromatic nitrogens is 2. The normalized spacial score (nSPS) is 10.9. The number of alkyl halides is 2. The fourth-order valence-corrected chi connectivity index (χ4v) is 1.50. The van der Waals surface area contributed by atoms with Crippen molar-refractivity contribution < 1.29 is 8.78 Å². The molecule has 0 saturated carbocycles. The number of hydrogen-bond donors (Lipinski definition) is 1. The van der Waals surface area contributed by atoms with Crippen LogP contribution in [0.3, 0.4) is 0 Å². The highest BCUT2D eigenvalue weighted by atomic mass is 19.3. The molecule has 1 aromatic carbocycles. The van der Waals surface area contributed by atoms with Crippen LogP contribution in [-0.4, -0.2) is 16.0 Å². The summed E-state index contributed by atoms with van der Waals surface area (Å²) >= 11 is 0. The average molecular weight is 223 g/mol. The van der Waals surface area contributed by atoms with Crippen molar-refractivity contribution in [1.82, 2.24) is 9.55 Å². The highest BCUT2D eigenvalue weighted by Crippen LogP contribution is 2.19. The zero-order chi connectivity index (χ0) is 11.5. The molecule has 0 aliphatic heterocycles. The summed E-state index contributed by atoms with van der Waals surface area (Å²) in [6.07, 6.45) is 0.660. The monoisotopic (exact) mass is 223 g/mol. The van der Waals surface area contributed by atoms with Gasteiger partial charge in [-0.2, -0.15) is 0 Å². The quantitative estimate of drug-likeness (QED) is 0.812. The van der Waals surface area contributed by atoms with Gasteiger partial charge >= 0.3 is 0 Å². The Bertz CT molecular complexity index is 462. The van der Waals surface area contributed by atoms with Crippen LogP contribution in [0.2, 0.25) is 0 Å². The van der Waals surface area contributed by atoms with Gasteiger partial charge in [0.2, 0.25) is 0 Å². The Morgan fingerprint density at radius 3 is 2.56 bits per heavy atom. The van der Waals surface area contributed by atoms with Crippen molar-refractivity contribution in [3.8, 4) is 11.4 Å². The van der Waals surface area contributed by atoms with Crippen LogP contribution in [0.5, 0.6) is 0 Å². The van der Waals surface area contributed by atoms with E-state index in [4.69, 9.17) is 5.73 Å². The van der Waals surface area contributed by atoms with Crippen molar-refractivity contribution in [3.63, 3.8) is 0 Å². The first-order valence-electron chi connectivity index (χ1n) is 4.82. The highest BCUT2D eigenvalue weighted by molar-refractivity contribution is 5.59. The Kier molecular flexibility index (Phi) is 2.85. The molecule has 0 atom stereocenters. The number of anilines is 1. The molecule has 16 heavy (non-hydrogen) atoms. The highest BCUT2D eigenvalue weighted by Gasteiger charge is 2.09. The van der Waals surface area contributed by atoms with E-state index in [0.717, 1.165) is 5.56 Å². The Hall–Kier alpha value is -1.91. The molecule has 3 nitrogen and oxygen atoms in total. The number of rotatable bonds is 3. The lowest BCUT2D eigenvalue weighted by Crippen LogP contribution is -2.07. The number of benzene rings is 1. The maximum Gasteiger partial charge on any atom is 0.256 e. The van der Waals surface area contributed by atoms with E-state index in [1.165, 1.54) is 17.0 Å². The summed E-state index contributed by atoms with van der Waals surface area (Å²) in [7, 11) is 0. The number of hydrogen-bond acceptors (Lipinski definition) is 2. The van der Waals surface area contributed by atoms with Gasteiger partial charge in [-0.3, -0.25) is 0 Å². The van der Waals surface area contributed by atoms with E-state index in [1.807, 2.05) is 0 Å².